The van der Waals surface area contributed by atoms with E-state index in [1.54, 1.807) is 0 Å². The molecule has 0 aliphatic carbocycles. The van der Waals surface area contributed by atoms with Crippen LogP contribution in [0.4, 0.5) is 0 Å². The predicted molar refractivity (Wildman–Crippen MR) is 62.2 cm³/mol. The van der Waals surface area contributed by atoms with Gasteiger partial charge in [0.25, 0.3) is 0 Å². The molecule has 4 heteroatoms. The summed E-state index contributed by atoms with van der Waals surface area (Å²) in [5, 5.41) is 7.23. The van der Waals surface area contributed by atoms with Crippen molar-refractivity contribution >= 4 is 0 Å². The zero-order chi connectivity index (χ0) is 11.5. The van der Waals surface area contributed by atoms with E-state index in [9.17, 15) is 0 Å². The second kappa shape index (κ2) is 4.53. The monoisotopic (exact) mass is 219 g/mol. The third-order valence-corrected chi connectivity index (χ3v) is 2.75. The molecule has 0 saturated carbocycles. The Bertz CT molecular complexity index is 458. The Kier molecular flexibility index (Phi) is 3.10. The Balaban J connectivity index is 2.18. The lowest BCUT2D eigenvalue weighted by Crippen LogP contribution is -2.16. The molecule has 0 amide bonds. The topological polar surface area (TPSA) is 43.0 Å². The molecule has 0 saturated heterocycles. The fourth-order valence-corrected chi connectivity index (χ4v) is 1.78. The highest BCUT2D eigenvalue weighted by Crippen LogP contribution is 2.14. The Morgan fingerprint density at radius 1 is 1.56 bits per heavy atom. The van der Waals surface area contributed by atoms with Gasteiger partial charge in [-0.1, -0.05) is 5.16 Å². The molecular weight excluding hydrogens is 202 g/mol. The van der Waals surface area contributed by atoms with Gasteiger partial charge >= 0.3 is 0 Å². The minimum absolute atomic E-state index is 0.336. The SMILES string of the molecule is CNC(C)c1cccn1Cc1cc(C)on1. The minimum Gasteiger partial charge on any atom is -0.361 e. The lowest BCUT2D eigenvalue weighted by Gasteiger charge is -2.13. The molecule has 2 rings (SSSR count). The highest BCUT2D eigenvalue weighted by atomic mass is 16.5. The number of nitrogens with zero attached hydrogens (tertiary/aromatic N) is 2. The van der Waals surface area contributed by atoms with Crippen molar-refractivity contribution in [3.05, 3.63) is 41.5 Å². The standard InChI is InChI=1S/C12H17N3O/c1-9-7-11(14-16-9)8-15-6-4-5-12(15)10(2)13-3/h4-7,10,13H,8H2,1-3H3. The molecule has 16 heavy (non-hydrogen) atoms. The quantitative estimate of drug-likeness (QED) is 0.856. The Morgan fingerprint density at radius 2 is 2.38 bits per heavy atom. The number of aromatic nitrogens is 2. The summed E-state index contributed by atoms with van der Waals surface area (Å²) in [6, 6.07) is 6.47. The van der Waals surface area contributed by atoms with E-state index in [2.05, 4.69) is 40.3 Å². The first-order valence-electron chi connectivity index (χ1n) is 5.45. The van der Waals surface area contributed by atoms with E-state index in [1.165, 1.54) is 5.69 Å². The average Bonchev–Trinajstić information content (AvgIpc) is 2.87. The zero-order valence-corrected chi connectivity index (χ0v) is 9.90. The molecular formula is C12H17N3O. The fraction of sp³-hybridized carbons (Fsp3) is 0.417. The lowest BCUT2D eigenvalue weighted by atomic mass is 10.2. The zero-order valence-electron chi connectivity index (χ0n) is 9.90. The first-order chi connectivity index (χ1) is 7.70. The van der Waals surface area contributed by atoms with Crippen molar-refractivity contribution in [1.82, 2.24) is 15.0 Å². The van der Waals surface area contributed by atoms with Crippen LogP contribution in [-0.4, -0.2) is 16.8 Å². The summed E-state index contributed by atoms with van der Waals surface area (Å²) >= 11 is 0. The van der Waals surface area contributed by atoms with Crippen LogP contribution < -0.4 is 5.32 Å². The van der Waals surface area contributed by atoms with Gasteiger partial charge in [-0.3, -0.25) is 0 Å². The summed E-state index contributed by atoms with van der Waals surface area (Å²) < 4.78 is 7.24. The van der Waals surface area contributed by atoms with Crippen LogP contribution in [-0.2, 0) is 6.54 Å². The van der Waals surface area contributed by atoms with Crippen LogP contribution in [0, 0.1) is 6.92 Å². The molecule has 1 atom stereocenters. The number of nitrogens with one attached hydrogen (secondary N) is 1. The molecule has 0 aromatic carbocycles. The van der Waals surface area contributed by atoms with Crippen molar-refractivity contribution in [1.29, 1.82) is 0 Å². The number of hydrogen-bond acceptors (Lipinski definition) is 3. The van der Waals surface area contributed by atoms with Crippen molar-refractivity contribution in [3.63, 3.8) is 0 Å². The second-order valence-electron chi connectivity index (χ2n) is 4.00. The van der Waals surface area contributed by atoms with Crippen LogP contribution in [0.25, 0.3) is 0 Å². The van der Waals surface area contributed by atoms with Gasteiger partial charge < -0.3 is 14.4 Å². The molecule has 0 spiro atoms. The number of rotatable bonds is 4. The first-order valence-corrected chi connectivity index (χ1v) is 5.45. The molecule has 2 heterocycles. The first kappa shape index (κ1) is 11.0. The van der Waals surface area contributed by atoms with E-state index >= 15 is 0 Å². The Labute approximate surface area is 95.2 Å². The van der Waals surface area contributed by atoms with E-state index < -0.39 is 0 Å². The van der Waals surface area contributed by atoms with Gasteiger partial charge in [0.1, 0.15) is 11.5 Å². The Hall–Kier alpha value is -1.55. The van der Waals surface area contributed by atoms with Gasteiger partial charge in [0, 0.05) is 24.0 Å². The number of hydrogen-bond donors (Lipinski definition) is 1. The van der Waals surface area contributed by atoms with Gasteiger partial charge in [0.05, 0.1) is 6.54 Å². The minimum atomic E-state index is 0.336. The van der Waals surface area contributed by atoms with Crippen LogP contribution in [0.15, 0.2) is 28.9 Å². The van der Waals surface area contributed by atoms with Gasteiger partial charge in [-0.15, -0.1) is 0 Å². The van der Waals surface area contributed by atoms with E-state index in [0.717, 1.165) is 18.0 Å². The third kappa shape index (κ3) is 2.17. The molecule has 2 aromatic rings. The molecule has 0 fully saturated rings. The summed E-state index contributed by atoms with van der Waals surface area (Å²) in [5.74, 6) is 0.852. The second-order valence-corrected chi connectivity index (χ2v) is 4.00. The van der Waals surface area contributed by atoms with Gasteiger partial charge in [-0.05, 0) is 33.0 Å². The molecule has 1 unspecified atom stereocenters. The van der Waals surface area contributed by atoms with Crippen LogP contribution in [0.3, 0.4) is 0 Å². The predicted octanol–water partition coefficient (Wildman–Crippen LogP) is 2.11. The van der Waals surface area contributed by atoms with E-state index in [4.69, 9.17) is 4.52 Å². The van der Waals surface area contributed by atoms with Crippen LogP contribution in [0.5, 0.6) is 0 Å². The van der Waals surface area contributed by atoms with E-state index in [1.807, 2.05) is 20.0 Å². The highest BCUT2D eigenvalue weighted by molar-refractivity contribution is 5.14. The fourth-order valence-electron chi connectivity index (χ4n) is 1.78. The normalized spacial score (nSPS) is 12.9. The largest absolute Gasteiger partial charge is 0.361 e. The molecule has 1 N–H and O–H groups in total. The third-order valence-electron chi connectivity index (χ3n) is 2.75. The number of aryl methyl sites for hydroxylation is 1. The summed E-state index contributed by atoms with van der Waals surface area (Å²) in [5.41, 5.74) is 2.21. The van der Waals surface area contributed by atoms with Crippen molar-refractivity contribution in [3.8, 4) is 0 Å². The van der Waals surface area contributed by atoms with Gasteiger partial charge in [-0.25, -0.2) is 0 Å². The molecule has 0 radical (unpaired) electrons. The maximum atomic E-state index is 5.06. The van der Waals surface area contributed by atoms with Crippen molar-refractivity contribution in [2.24, 2.45) is 0 Å². The van der Waals surface area contributed by atoms with Crippen molar-refractivity contribution in [2.45, 2.75) is 26.4 Å². The summed E-state index contributed by atoms with van der Waals surface area (Å²) in [6.45, 7) is 4.80. The summed E-state index contributed by atoms with van der Waals surface area (Å²) in [4.78, 5) is 0. The molecule has 0 aliphatic heterocycles. The highest BCUT2D eigenvalue weighted by Gasteiger charge is 2.09. The van der Waals surface area contributed by atoms with Crippen molar-refractivity contribution in [2.75, 3.05) is 7.05 Å². The molecule has 2 aromatic heterocycles. The van der Waals surface area contributed by atoms with Gasteiger partial charge in [0.2, 0.25) is 0 Å². The van der Waals surface area contributed by atoms with Gasteiger partial charge in [-0.2, -0.15) is 0 Å². The molecule has 4 nitrogen and oxygen atoms in total. The smallest absolute Gasteiger partial charge is 0.133 e. The summed E-state index contributed by atoms with van der Waals surface area (Å²) in [7, 11) is 1.96. The van der Waals surface area contributed by atoms with Crippen LogP contribution in [0.1, 0.15) is 30.1 Å². The van der Waals surface area contributed by atoms with Crippen molar-refractivity contribution < 1.29 is 4.52 Å². The van der Waals surface area contributed by atoms with E-state index in [0.29, 0.717) is 6.04 Å². The maximum absolute atomic E-state index is 5.06. The van der Waals surface area contributed by atoms with E-state index in [-0.39, 0.29) is 0 Å². The van der Waals surface area contributed by atoms with Crippen LogP contribution >= 0.6 is 0 Å². The van der Waals surface area contributed by atoms with Gasteiger partial charge in [0.15, 0.2) is 0 Å². The lowest BCUT2D eigenvalue weighted by molar-refractivity contribution is 0.388. The maximum Gasteiger partial charge on any atom is 0.133 e. The molecule has 0 bridgehead atoms. The average molecular weight is 219 g/mol. The summed E-state index contributed by atoms with van der Waals surface area (Å²) in [6.07, 6.45) is 2.06. The molecule has 86 valence electrons. The van der Waals surface area contributed by atoms with Crippen LogP contribution in [0.2, 0.25) is 0 Å². The molecule has 0 aliphatic rings. The Morgan fingerprint density at radius 3 is 3.00 bits per heavy atom.